The zero-order chi connectivity index (χ0) is 10.8. The number of alkyl halides is 1. The highest BCUT2D eigenvalue weighted by atomic mass is 35.5. The Kier molecular flexibility index (Phi) is 3.68. The van der Waals surface area contributed by atoms with Crippen LogP contribution >= 0.6 is 22.9 Å². The van der Waals surface area contributed by atoms with Gasteiger partial charge in [-0.2, -0.15) is 0 Å². The van der Waals surface area contributed by atoms with E-state index in [1.165, 1.54) is 34.8 Å². The number of thiazole rings is 1. The highest BCUT2D eigenvalue weighted by molar-refractivity contribution is 7.11. The lowest BCUT2D eigenvalue weighted by Crippen LogP contribution is -2.01. The summed E-state index contributed by atoms with van der Waals surface area (Å²) in [5, 5.41) is 1.71. The Bertz CT molecular complexity index is 311. The molecule has 1 unspecified atom stereocenters. The summed E-state index contributed by atoms with van der Waals surface area (Å²) >= 11 is 8.10. The molecule has 0 saturated heterocycles. The van der Waals surface area contributed by atoms with Crippen LogP contribution in [0.3, 0.4) is 0 Å². The Morgan fingerprint density at radius 2 is 2.20 bits per heavy atom. The molecule has 0 amide bonds. The fraction of sp³-hybridized carbons (Fsp3) is 0.750. The van der Waals surface area contributed by atoms with E-state index in [9.17, 15) is 0 Å². The van der Waals surface area contributed by atoms with Crippen LogP contribution in [0.25, 0.3) is 0 Å². The maximum atomic E-state index is 6.26. The average molecular weight is 244 g/mol. The van der Waals surface area contributed by atoms with Gasteiger partial charge in [-0.3, -0.25) is 0 Å². The van der Waals surface area contributed by atoms with Crippen LogP contribution < -0.4 is 0 Å². The minimum atomic E-state index is 0.423. The van der Waals surface area contributed by atoms with Crippen molar-refractivity contribution < 1.29 is 0 Å². The molecule has 0 radical (unpaired) electrons. The Morgan fingerprint density at radius 1 is 1.47 bits per heavy atom. The van der Waals surface area contributed by atoms with Crippen LogP contribution in [0.1, 0.15) is 41.3 Å². The number of rotatable bonds is 5. The molecule has 2 rings (SSSR count). The summed E-state index contributed by atoms with van der Waals surface area (Å²) in [6.07, 6.45) is 6.16. The molecule has 1 aromatic rings. The molecule has 84 valence electrons. The number of hydrogen-bond acceptors (Lipinski definition) is 2. The van der Waals surface area contributed by atoms with E-state index in [-0.39, 0.29) is 0 Å². The second-order valence-electron chi connectivity index (χ2n) is 4.49. The van der Waals surface area contributed by atoms with Crippen molar-refractivity contribution in [2.75, 3.05) is 0 Å². The van der Waals surface area contributed by atoms with Crippen LogP contribution in [0, 0.1) is 19.8 Å². The molecule has 0 bridgehead atoms. The Hall–Kier alpha value is -0.0800. The predicted molar refractivity (Wildman–Crippen MR) is 66.9 cm³/mol. The van der Waals surface area contributed by atoms with Crippen LogP contribution in [0.15, 0.2) is 0 Å². The van der Waals surface area contributed by atoms with E-state index in [1.807, 2.05) is 11.3 Å². The summed E-state index contributed by atoms with van der Waals surface area (Å²) in [5.41, 5.74) is 1.19. The molecule has 0 spiro atoms. The van der Waals surface area contributed by atoms with Crippen molar-refractivity contribution in [3.63, 3.8) is 0 Å². The van der Waals surface area contributed by atoms with E-state index < -0.39 is 0 Å². The first kappa shape index (κ1) is 11.4. The molecule has 1 nitrogen and oxygen atoms in total. The lowest BCUT2D eigenvalue weighted by Gasteiger charge is -2.05. The normalized spacial score (nSPS) is 18.1. The van der Waals surface area contributed by atoms with Gasteiger partial charge in [-0.05, 0) is 51.9 Å². The molecule has 15 heavy (non-hydrogen) atoms. The average Bonchev–Trinajstić information content (AvgIpc) is 2.96. The highest BCUT2D eigenvalue weighted by Crippen LogP contribution is 2.37. The SMILES string of the molecule is Cc1nc(CCCC(Cl)C2CC2)sc1C. The minimum absolute atomic E-state index is 0.423. The van der Waals surface area contributed by atoms with Crippen molar-refractivity contribution >= 4 is 22.9 Å². The fourth-order valence-corrected chi connectivity index (χ4v) is 3.17. The Balaban J connectivity index is 1.73. The molecule has 1 aliphatic rings. The van der Waals surface area contributed by atoms with E-state index >= 15 is 0 Å². The molecule has 3 heteroatoms. The number of aromatic nitrogens is 1. The minimum Gasteiger partial charge on any atom is -0.246 e. The van der Waals surface area contributed by atoms with Crippen molar-refractivity contribution in [2.24, 2.45) is 5.92 Å². The van der Waals surface area contributed by atoms with Gasteiger partial charge in [-0.1, -0.05) is 0 Å². The van der Waals surface area contributed by atoms with Gasteiger partial charge in [-0.25, -0.2) is 4.98 Å². The zero-order valence-corrected chi connectivity index (χ0v) is 11.0. The fourth-order valence-electron chi connectivity index (χ4n) is 1.79. The van der Waals surface area contributed by atoms with Crippen molar-refractivity contribution in [1.82, 2.24) is 4.98 Å². The summed E-state index contributed by atoms with van der Waals surface area (Å²) < 4.78 is 0. The van der Waals surface area contributed by atoms with Gasteiger partial charge in [0.05, 0.1) is 10.7 Å². The largest absolute Gasteiger partial charge is 0.246 e. The van der Waals surface area contributed by atoms with Gasteiger partial charge < -0.3 is 0 Å². The molecule has 1 saturated carbocycles. The lowest BCUT2D eigenvalue weighted by molar-refractivity contribution is 0.636. The third-order valence-corrected chi connectivity index (χ3v) is 4.78. The van der Waals surface area contributed by atoms with Crippen molar-refractivity contribution in [3.8, 4) is 0 Å². The van der Waals surface area contributed by atoms with E-state index in [0.717, 1.165) is 18.8 Å². The summed E-state index contributed by atoms with van der Waals surface area (Å²) in [4.78, 5) is 5.90. The third-order valence-electron chi connectivity index (χ3n) is 3.08. The molecule has 1 aromatic heterocycles. The zero-order valence-electron chi connectivity index (χ0n) is 9.42. The molecule has 0 aliphatic heterocycles. The smallest absolute Gasteiger partial charge is 0.0930 e. The number of nitrogens with zero attached hydrogens (tertiary/aromatic N) is 1. The van der Waals surface area contributed by atoms with Gasteiger partial charge in [-0.15, -0.1) is 22.9 Å². The second kappa shape index (κ2) is 4.84. The van der Waals surface area contributed by atoms with E-state index in [4.69, 9.17) is 11.6 Å². The highest BCUT2D eigenvalue weighted by Gasteiger charge is 2.28. The molecular formula is C12H18ClNS. The first-order valence-electron chi connectivity index (χ1n) is 5.74. The van der Waals surface area contributed by atoms with E-state index in [1.54, 1.807) is 0 Å². The van der Waals surface area contributed by atoms with Crippen LogP contribution in [-0.2, 0) is 6.42 Å². The van der Waals surface area contributed by atoms with Gasteiger partial charge in [0.2, 0.25) is 0 Å². The summed E-state index contributed by atoms with van der Waals surface area (Å²) in [6, 6.07) is 0. The Labute approximate surface area is 101 Å². The maximum Gasteiger partial charge on any atom is 0.0930 e. The predicted octanol–water partition coefficient (Wildman–Crippen LogP) is 4.10. The van der Waals surface area contributed by atoms with Gasteiger partial charge in [0.15, 0.2) is 0 Å². The molecule has 1 atom stereocenters. The van der Waals surface area contributed by atoms with Crippen molar-refractivity contribution in [3.05, 3.63) is 15.6 Å². The van der Waals surface area contributed by atoms with Gasteiger partial charge in [0.1, 0.15) is 0 Å². The number of aryl methyl sites for hydroxylation is 3. The molecule has 0 N–H and O–H groups in total. The quantitative estimate of drug-likeness (QED) is 0.710. The second-order valence-corrected chi connectivity index (χ2v) is 6.34. The summed E-state index contributed by atoms with van der Waals surface area (Å²) in [6.45, 7) is 4.23. The number of hydrogen-bond donors (Lipinski definition) is 0. The molecular weight excluding hydrogens is 226 g/mol. The standard InChI is InChI=1S/C12H18ClNS/c1-8-9(2)15-12(14-8)5-3-4-11(13)10-6-7-10/h10-11H,3-7H2,1-2H3. The van der Waals surface area contributed by atoms with Crippen LogP contribution in [0.4, 0.5) is 0 Å². The van der Waals surface area contributed by atoms with Crippen LogP contribution in [0.5, 0.6) is 0 Å². The first-order valence-corrected chi connectivity index (χ1v) is 6.99. The molecule has 1 fully saturated rings. The van der Waals surface area contributed by atoms with E-state index in [2.05, 4.69) is 18.8 Å². The van der Waals surface area contributed by atoms with Gasteiger partial charge in [0, 0.05) is 10.3 Å². The first-order chi connectivity index (χ1) is 7.16. The maximum absolute atomic E-state index is 6.26. The van der Waals surface area contributed by atoms with Gasteiger partial charge >= 0.3 is 0 Å². The lowest BCUT2D eigenvalue weighted by atomic mass is 10.1. The topological polar surface area (TPSA) is 12.9 Å². The van der Waals surface area contributed by atoms with Crippen molar-refractivity contribution in [1.29, 1.82) is 0 Å². The molecule has 0 aromatic carbocycles. The van der Waals surface area contributed by atoms with E-state index in [0.29, 0.717) is 5.38 Å². The molecule has 1 aliphatic carbocycles. The Morgan fingerprint density at radius 3 is 2.73 bits per heavy atom. The third kappa shape index (κ3) is 3.18. The van der Waals surface area contributed by atoms with Crippen LogP contribution in [-0.4, -0.2) is 10.4 Å². The monoisotopic (exact) mass is 243 g/mol. The van der Waals surface area contributed by atoms with Crippen LogP contribution in [0.2, 0.25) is 0 Å². The summed E-state index contributed by atoms with van der Waals surface area (Å²) in [5.74, 6) is 0.825. The van der Waals surface area contributed by atoms with Gasteiger partial charge in [0.25, 0.3) is 0 Å². The molecule has 1 heterocycles. The summed E-state index contributed by atoms with van der Waals surface area (Å²) in [7, 11) is 0. The number of halogens is 1. The van der Waals surface area contributed by atoms with Crippen molar-refractivity contribution in [2.45, 2.75) is 51.3 Å².